The molecule has 0 unspecified atom stereocenters. The Morgan fingerprint density at radius 2 is 0.844 bits per heavy atom. The van der Waals surface area contributed by atoms with Crippen molar-refractivity contribution in [2.75, 3.05) is 0 Å². The van der Waals surface area contributed by atoms with Crippen molar-refractivity contribution < 1.29 is 0 Å². The van der Waals surface area contributed by atoms with Crippen molar-refractivity contribution in [3.63, 3.8) is 0 Å². The number of hydrogen-bond donors (Lipinski definition) is 1. The Hall–Kier alpha value is -3.55. The van der Waals surface area contributed by atoms with Crippen molar-refractivity contribution in [3.8, 4) is 0 Å². The lowest BCUT2D eigenvalue weighted by atomic mass is 9.91. The van der Waals surface area contributed by atoms with Crippen molar-refractivity contribution >= 4 is 58.5 Å². The van der Waals surface area contributed by atoms with Crippen LogP contribution in [0.25, 0.3) is 45.8 Å². The summed E-state index contributed by atoms with van der Waals surface area (Å²) in [5.41, 5.74) is 6.16. The summed E-state index contributed by atoms with van der Waals surface area (Å²) in [6.07, 6.45) is 8.89. The zero-order valence-corrected chi connectivity index (χ0v) is 18.9. The molecule has 0 fully saturated rings. The highest BCUT2D eigenvalue weighted by atomic mass is 32.1. The van der Waals surface area contributed by atoms with Crippen molar-refractivity contribution in [1.82, 2.24) is 0 Å². The van der Waals surface area contributed by atoms with E-state index in [0.29, 0.717) is 0 Å². The Kier molecular flexibility index (Phi) is 5.66. The highest BCUT2D eigenvalue weighted by Gasteiger charge is 2.10. The summed E-state index contributed by atoms with van der Waals surface area (Å²) in [7, 11) is 0. The first-order valence-corrected chi connectivity index (χ1v) is 11.3. The van der Waals surface area contributed by atoms with Gasteiger partial charge in [0.05, 0.1) is 0 Å². The second-order valence-corrected chi connectivity index (χ2v) is 8.60. The molecule has 0 bridgehead atoms. The first kappa shape index (κ1) is 20.4. The van der Waals surface area contributed by atoms with Crippen LogP contribution in [0.2, 0.25) is 0 Å². The van der Waals surface area contributed by atoms with Gasteiger partial charge in [-0.15, -0.1) is 12.6 Å². The molecule has 0 saturated heterocycles. The van der Waals surface area contributed by atoms with E-state index in [0.717, 1.165) is 4.90 Å². The molecule has 0 aliphatic rings. The van der Waals surface area contributed by atoms with Crippen LogP contribution >= 0.6 is 12.6 Å². The number of fused-ring (bicyclic) bond motifs is 2. The molecule has 5 rings (SSSR count). The van der Waals surface area contributed by atoms with E-state index < -0.39 is 0 Å². The number of benzene rings is 5. The van der Waals surface area contributed by atoms with Gasteiger partial charge in [0.1, 0.15) is 0 Å². The van der Waals surface area contributed by atoms with E-state index in [4.69, 9.17) is 0 Å². The van der Waals surface area contributed by atoms with Crippen LogP contribution in [0.1, 0.15) is 27.8 Å². The predicted molar refractivity (Wildman–Crippen MR) is 144 cm³/mol. The number of aryl methyl sites for hydroxylation is 1. The minimum atomic E-state index is 0.975. The minimum absolute atomic E-state index is 0.975. The third kappa shape index (κ3) is 4.12. The number of thiol groups is 1. The fourth-order valence-corrected chi connectivity index (χ4v) is 4.33. The van der Waals surface area contributed by atoms with Crippen LogP contribution in [-0.4, -0.2) is 0 Å². The van der Waals surface area contributed by atoms with Crippen LogP contribution in [-0.2, 0) is 0 Å². The molecule has 0 aliphatic carbocycles. The lowest BCUT2D eigenvalue weighted by Gasteiger charge is -2.13. The maximum Gasteiger partial charge on any atom is 0.00403 e. The minimum Gasteiger partial charge on any atom is -0.143 e. The van der Waals surface area contributed by atoms with Gasteiger partial charge in [-0.25, -0.2) is 0 Å². The van der Waals surface area contributed by atoms with Gasteiger partial charge in [-0.05, 0) is 62.9 Å². The average Bonchev–Trinajstić information content (AvgIpc) is 2.83. The first-order chi connectivity index (χ1) is 15.7. The van der Waals surface area contributed by atoms with E-state index in [1.165, 1.54) is 49.4 Å². The fraction of sp³-hybridized carbons (Fsp3) is 0.0323. The molecular formula is C31H24S. The maximum atomic E-state index is 4.40. The van der Waals surface area contributed by atoms with Crippen molar-refractivity contribution in [2.45, 2.75) is 11.8 Å². The van der Waals surface area contributed by atoms with Gasteiger partial charge < -0.3 is 0 Å². The zero-order chi connectivity index (χ0) is 21.9. The van der Waals surface area contributed by atoms with E-state index in [-0.39, 0.29) is 0 Å². The van der Waals surface area contributed by atoms with Crippen molar-refractivity contribution in [3.05, 3.63) is 125 Å². The molecular weight excluding hydrogens is 404 g/mol. The summed E-state index contributed by atoms with van der Waals surface area (Å²) in [4.78, 5) is 0.975. The molecule has 154 valence electrons. The van der Waals surface area contributed by atoms with Gasteiger partial charge in [-0.3, -0.25) is 0 Å². The summed E-state index contributed by atoms with van der Waals surface area (Å²) in [5, 5.41) is 5.05. The summed E-state index contributed by atoms with van der Waals surface area (Å²) in [6, 6.07) is 34.3. The van der Waals surface area contributed by atoms with Crippen molar-refractivity contribution in [1.29, 1.82) is 0 Å². The first-order valence-electron chi connectivity index (χ1n) is 10.8. The predicted octanol–water partition coefficient (Wildman–Crippen LogP) is 8.93. The maximum absolute atomic E-state index is 4.40. The van der Waals surface area contributed by atoms with E-state index in [2.05, 4.69) is 129 Å². The molecule has 0 amide bonds. The Morgan fingerprint density at radius 1 is 0.469 bits per heavy atom. The molecule has 5 aromatic carbocycles. The van der Waals surface area contributed by atoms with Gasteiger partial charge in [0.15, 0.2) is 0 Å². The van der Waals surface area contributed by atoms with Crippen molar-refractivity contribution in [2.24, 2.45) is 0 Å². The lowest BCUT2D eigenvalue weighted by molar-refractivity contribution is 1.46. The summed E-state index contributed by atoms with van der Waals surface area (Å²) < 4.78 is 0. The fourth-order valence-electron chi connectivity index (χ4n) is 4.18. The quantitative estimate of drug-likeness (QED) is 0.165. The van der Waals surface area contributed by atoms with Gasteiger partial charge in [-0.1, -0.05) is 115 Å². The van der Waals surface area contributed by atoms with E-state index >= 15 is 0 Å². The monoisotopic (exact) mass is 428 g/mol. The zero-order valence-electron chi connectivity index (χ0n) is 18.0. The summed E-state index contributed by atoms with van der Waals surface area (Å²) >= 11 is 4.40. The molecule has 0 nitrogen and oxygen atoms in total. The van der Waals surface area contributed by atoms with Crippen LogP contribution in [0.4, 0.5) is 0 Å². The molecule has 0 aromatic heterocycles. The van der Waals surface area contributed by atoms with Gasteiger partial charge in [0.2, 0.25) is 0 Å². The molecule has 0 N–H and O–H groups in total. The SMILES string of the molecule is Cc1ccc(C=Cc2c3ccccc3c(C=Cc3ccc(S)cc3)c3ccccc23)cc1. The Morgan fingerprint density at radius 3 is 1.25 bits per heavy atom. The second-order valence-electron chi connectivity index (χ2n) is 8.09. The van der Waals surface area contributed by atoms with Gasteiger partial charge in [0, 0.05) is 4.90 Å². The Bertz CT molecular complexity index is 1280. The van der Waals surface area contributed by atoms with E-state index in [9.17, 15) is 0 Å². The highest BCUT2D eigenvalue weighted by molar-refractivity contribution is 7.80. The summed E-state index contributed by atoms with van der Waals surface area (Å²) in [6.45, 7) is 2.12. The smallest absolute Gasteiger partial charge is 0.00403 e. The van der Waals surface area contributed by atoms with Crippen LogP contribution < -0.4 is 0 Å². The van der Waals surface area contributed by atoms with Gasteiger partial charge in [0.25, 0.3) is 0 Å². The topological polar surface area (TPSA) is 0 Å². The molecule has 0 radical (unpaired) electrons. The number of hydrogen-bond acceptors (Lipinski definition) is 1. The molecule has 5 aromatic rings. The third-order valence-electron chi connectivity index (χ3n) is 5.87. The second kappa shape index (κ2) is 8.90. The van der Waals surface area contributed by atoms with Crippen LogP contribution in [0.3, 0.4) is 0 Å². The molecule has 0 saturated carbocycles. The highest BCUT2D eigenvalue weighted by Crippen LogP contribution is 2.35. The molecule has 1 heteroatoms. The average molecular weight is 429 g/mol. The van der Waals surface area contributed by atoms with E-state index in [1.807, 2.05) is 12.1 Å². The Balaban J connectivity index is 1.70. The molecule has 0 spiro atoms. The molecule has 0 atom stereocenters. The third-order valence-corrected chi connectivity index (χ3v) is 6.17. The van der Waals surface area contributed by atoms with Gasteiger partial charge in [-0.2, -0.15) is 0 Å². The molecule has 0 heterocycles. The van der Waals surface area contributed by atoms with Gasteiger partial charge >= 0.3 is 0 Å². The normalized spacial score (nSPS) is 11.8. The van der Waals surface area contributed by atoms with E-state index in [1.54, 1.807) is 0 Å². The van der Waals surface area contributed by atoms with Crippen LogP contribution in [0.5, 0.6) is 0 Å². The Labute approximate surface area is 195 Å². The largest absolute Gasteiger partial charge is 0.143 e. The summed E-state index contributed by atoms with van der Waals surface area (Å²) in [5.74, 6) is 0. The lowest BCUT2D eigenvalue weighted by Crippen LogP contribution is -1.88. The molecule has 0 aliphatic heterocycles. The van der Waals surface area contributed by atoms with Crippen LogP contribution in [0.15, 0.2) is 102 Å². The standard InChI is InChI=1S/C31H24S/c1-22-10-12-23(13-11-22)16-20-30-26-6-2-4-8-28(26)31(29-9-5-3-7-27(29)30)21-17-24-14-18-25(32)19-15-24/h2-21,32H,1H3. The molecule has 32 heavy (non-hydrogen) atoms. The van der Waals surface area contributed by atoms with Crippen LogP contribution in [0, 0.1) is 6.92 Å². The number of rotatable bonds is 4.